The van der Waals surface area contributed by atoms with Gasteiger partial charge in [-0.15, -0.1) is 0 Å². The molecule has 5 heteroatoms. The second kappa shape index (κ2) is 8.11. The van der Waals surface area contributed by atoms with E-state index in [-0.39, 0.29) is 0 Å². The number of fused-ring (bicyclic) bond motifs is 8. The fourth-order valence-corrected chi connectivity index (χ4v) is 5.38. The second-order valence-electron chi connectivity index (χ2n) is 9.42. The van der Waals surface area contributed by atoms with E-state index < -0.39 is 0 Å². The summed E-state index contributed by atoms with van der Waals surface area (Å²) in [5.41, 5.74) is 3.34. The van der Waals surface area contributed by atoms with Gasteiger partial charge in [-0.2, -0.15) is 0 Å². The van der Waals surface area contributed by atoms with Crippen molar-refractivity contribution >= 4 is 54.1 Å². The molecule has 176 valence electrons. The molecule has 3 heterocycles. The van der Waals surface area contributed by atoms with Crippen molar-refractivity contribution in [2.24, 2.45) is 0 Å². The number of aromatic nitrogens is 5. The van der Waals surface area contributed by atoms with E-state index in [4.69, 9.17) is 9.97 Å². The molecule has 0 N–H and O–H groups in total. The van der Waals surface area contributed by atoms with Crippen molar-refractivity contribution in [1.82, 2.24) is 24.9 Å². The van der Waals surface area contributed by atoms with Crippen LogP contribution in [0.25, 0.3) is 77.0 Å². The Morgan fingerprint density at radius 3 is 2.03 bits per heavy atom. The van der Waals surface area contributed by atoms with Crippen molar-refractivity contribution in [1.29, 1.82) is 0 Å². The Balaban J connectivity index is 1.24. The maximum absolute atomic E-state index is 4.90. The maximum Gasteiger partial charge on any atom is 0.181 e. The van der Waals surface area contributed by atoms with E-state index >= 15 is 0 Å². The molecular formula is C33H19N5. The number of rotatable bonds is 2. The van der Waals surface area contributed by atoms with Gasteiger partial charge < -0.3 is 0 Å². The lowest BCUT2D eigenvalue weighted by Crippen LogP contribution is -1.97. The van der Waals surface area contributed by atoms with Crippen molar-refractivity contribution in [2.75, 3.05) is 0 Å². The average molecular weight is 486 g/mol. The highest BCUT2D eigenvalue weighted by atomic mass is 15.0. The fourth-order valence-electron chi connectivity index (χ4n) is 5.38. The third kappa shape index (κ3) is 3.22. The van der Waals surface area contributed by atoms with Crippen molar-refractivity contribution in [3.63, 3.8) is 0 Å². The smallest absolute Gasteiger partial charge is 0.181 e. The molecule has 0 aliphatic carbocycles. The lowest BCUT2D eigenvalue weighted by Gasteiger charge is -2.09. The molecule has 0 unspecified atom stereocenters. The number of hydrogen-bond acceptors (Lipinski definition) is 5. The molecule has 38 heavy (non-hydrogen) atoms. The van der Waals surface area contributed by atoms with Gasteiger partial charge >= 0.3 is 0 Å². The van der Waals surface area contributed by atoms with Gasteiger partial charge in [0.2, 0.25) is 0 Å². The predicted molar refractivity (Wildman–Crippen MR) is 154 cm³/mol. The Morgan fingerprint density at radius 2 is 1.11 bits per heavy atom. The quantitative estimate of drug-likeness (QED) is 0.234. The molecule has 5 aromatic carbocycles. The molecule has 0 radical (unpaired) electrons. The summed E-state index contributed by atoms with van der Waals surface area (Å²) >= 11 is 0. The zero-order chi connectivity index (χ0) is 25.1. The molecule has 0 atom stereocenters. The van der Waals surface area contributed by atoms with Crippen LogP contribution >= 0.6 is 0 Å². The van der Waals surface area contributed by atoms with Gasteiger partial charge in [0.25, 0.3) is 0 Å². The van der Waals surface area contributed by atoms with Gasteiger partial charge in [-0.1, -0.05) is 84.9 Å². The minimum absolute atomic E-state index is 0.537. The van der Waals surface area contributed by atoms with E-state index in [0.717, 1.165) is 32.8 Å². The largest absolute Gasteiger partial charge is 0.254 e. The van der Waals surface area contributed by atoms with E-state index in [0.29, 0.717) is 17.3 Å². The first kappa shape index (κ1) is 20.9. The van der Waals surface area contributed by atoms with Gasteiger partial charge in [0.15, 0.2) is 11.6 Å². The SMILES string of the molecule is c1ccc2c(c1)ccc1c3ccc(-c4ncnc(-c5ccc6ccc7cccnc7c6n5)n4)cc3ccc21. The van der Waals surface area contributed by atoms with Crippen LogP contribution in [0.15, 0.2) is 116 Å². The first-order chi connectivity index (χ1) is 18.8. The van der Waals surface area contributed by atoms with Gasteiger partial charge in [0, 0.05) is 22.5 Å². The van der Waals surface area contributed by atoms with E-state index in [1.165, 1.54) is 26.9 Å². The van der Waals surface area contributed by atoms with Crippen LogP contribution in [0.1, 0.15) is 0 Å². The minimum atomic E-state index is 0.537. The Kier molecular flexibility index (Phi) is 4.45. The van der Waals surface area contributed by atoms with Crippen molar-refractivity contribution in [2.45, 2.75) is 0 Å². The molecule has 0 fully saturated rings. The molecule has 0 aliphatic heterocycles. The fraction of sp³-hybridized carbons (Fsp3) is 0. The monoisotopic (exact) mass is 485 g/mol. The van der Waals surface area contributed by atoms with Crippen molar-refractivity contribution in [3.8, 4) is 22.9 Å². The molecular weight excluding hydrogens is 466 g/mol. The maximum atomic E-state index is 4.90. The zero-order valence-electron chi connectivity index (χ0n) is 20.2. The van der Waals surface area contributed by atoms with Crippen LogP contribution in [-0.2, 0) is 0 Å². The first-order valence-electron chi connectivity index (χ1n) is 12.5. The van der Waals surface area contributed by atoms with E-state index in [1.807, 2.05) is 24.3 Å². The summed E-state index contributed by atoms with van der Waals surface area (Å²) in [4.78, 5) is 23.2. The summed E-state index contributed by atoms with van der Waals surface area (Å²) in [7, 11) is 0. The topological polar surface area (TPSA) is 64.5 Å². The van der Waals surface area contributed by atoms with Crippen LogP contribution in [0.4, 0.5) is 0 Å². The zero-order valence-corrected chi connectivity index (χ0v) is 20.2. The van der Waals surface area contributed by atoms with Crippen LogP contribution < -0.4 is 0 Å². The van der Waals surface area contributed by atoms with Gasteiger partial charge in [-0.3, -0.25) is 4.98 Å². The van der Waals surface area contributed by atoms with Crippen molar-refractivity contribution < 1.29 is 0 Å². The van der Waals surface area contributed by atoms with Gasteiger partial charge in [0.05, 0.1) is 11.0 Å². The first-order valence-corrected chi connectivity index (χ1v) is 12.5. The molecule has 5 nitrogen and oxygen atoms in total. The van der Waals surface area contributed by atoms with E-state index in [2.05, 4.69) is 93.8 Å². The molecule has 0 amide bonds. The summed E-state index contributed by atoms with van der Waals surface area (Å²) in [5.74, 6) is 1.16. The molecule has 8 aromatic rings. The predicted octanol–water partition coefficient (Wildman–Crippen LogP) is 7.76. The molecule has 0 saturated heterocycles. The minimum Gasteiger partial charge on any atom is -0.254 e. The summed E-state index contributed by atoms with van der Waals surface area (Å²) in [5, 5.41) is 9.46. The average Bonchev–Trinajstić information content (AvgIpc) is 3.00. The molecule has 0 bridgehead atoms. The number of pyridine rings is 2. The Labute approximate surface area is 217 Å². The van der Waals surface area contributed by atoms with E-state index in [1.54, 1.807) is 12.5 Å². The summed E-state index contributed by atoms with van der Waals surface area (Å²) < 4.78 is 0. The van der Waals surface area contributed by atoms with Crippen LogP contribution in [0.5, 0.6) is 0 Å². The summed E-state index contributed by atoms with van der Waals surface area (Å²) in [6.07, 6.45) is 3.35. The highest BCUT2D eigenvalue weighted by Gasteiger charge is 2.12. The molecule has 8 rings (SSSR count). The lowest BCUT2D eigenvalue weighted by atomic mass is 9.96. The third-order valence-electron chi connectivity index (χ3n) is 7.23. The highest BCUT2D eigenvalue weighted by molar-refractivity contribution is 6.17. The number of nitrogens with zero attached hydrogens (tertiary/aromatic N) is 5. The van der Waals surface area contributed by atoms with Crippen molar-refractivity contribution in [3.05, 3.63) is 116 Å². The molecule has 3 aromatic heterocycles. The highest BCUT2D eigenvalue weighted by Crippen LogP contribution is 2.33. The van der Waals surface area contributed by atoms with Gasteiger partial charge in [0.1, 0.15) is 12.0 Å². The molecule has 0 spiro atoms. The Bertz CT molecular complexity index is 2200. The number of benzene rings is 5. The van der Waals surface area contributed by atoms with Gasteiger partial charge in [-0.05, 0) is 50.5 Å². The number of hydrogen-bond donors (Lipinski definition) is 0. The normalized spacial score (nSPS) is 11.7. The van der Waals surface area contributed by atoms with Crippen LogP contribution in [0.2, 0.25) is 0 Å². The van der Waals surface area contributed by atoms with Crippen LogP contribution in [-0.4, -0.2) is 24.9 Å². The summed E-state index contributed by atoms with van der Waals surface area (Å²) in [6, 6.07) is 35.8. The summed E-state index contributed by atoms with van der Waals surface area (Å²) in [6.45, 7) is 0. The second-order valence-corrected chi connectivity index (χ2v) is 9.42. The Hall–Kier alpha value is -5.29. The van der Waals surface area contributed by atoms with Gasteiger partial charge in [-0.25, -0.2) is 19.9 Å². The molecule has 0 aliphatic rings. The van der Waals surface area contributed by atoms with E-state index in [9.17, 15) is 0 Å². The Morgan fingerprint density at radius 1 is 0.421 bits per heavy atom. The standard InChI is InChI=1S/C33H19N5/c1-2-6-25-20(4-1)9-14-28-26-13-11-24(18-23(26)10-15-27(25)28)32-35-19-36-33(38-32)29-16-12-22-8-7-21-5-3-17-34-30(21)31(22)37-29/h1-19H. The third-order valence-corrected chi connectivity index (χ3v) is 7.23. The molecule has 0 saturated carbocycles. The lowest BCUT2D eigenvalue weighted by molar-refractivity contribution is 1.05. The van der Waals surface area contributed by atoms with Crippen LogP contribution in [0.3, 0.4) is 0 Å². The van der Waals surface area contributed by atoms with Crippen LogP contribution in [0, 0.1) is 0 Å².